The van der Waals surface area contributed by atoms with E-state index in [4.69, 9.17) is 9.47 Å². The standard InChI is InChI=1S/C17H22N4O4/c18-9-12-7-13(19-10-14-3-1-5-24-14)8-16(17(12)21(22)23)20-11-15-4-2-6-25-15/h7-8,14-15,19-20H,1-6,10-11H2/t14-,15+/m1/s1. The van der Waals surface area contributed by atoms with Crippen molar-refractivity contribution in [1.29, 1.82) is 5.26 Å². The second-order valence-electron chi connectivity index (χ2n) is 6.32. The van der Waals surface area contributed by atoms with Crippen LogP contribution in [0.3, 0.4) is 0 Å². The minimum atomic E-state index is -0.514. The highest BCUT2D eigenvalue weighted by molar-refractivity contribution is 5.74. The molecule has 134 valence electrons. The predicted molar refractivity (Wildman–Crippen MR) is 92.7 cm³/mol. The Morgan fingerprint density at radius 1 is 1.16 bits per heavy atom. The van der Waals surface area contributed by atoms with E-state index in [-0.39, 0.29) is 23.5 Å². The Kier molecular flexibility index (Phi) is 5.68. The van der Waals surface area contributed by atoms with E-state index >= 15 is 0 Å². The van der Waals surface area contributed by atoms with Crippen molar-refractivity contribution < 1.29 is 14.4 Å². The number of nitriles is 1. The number of anilines is 2. The molecule has 1 aromatic carbocycles. The van der Waals surface area contributed by atoms with Crippen LogP contribution in [-0.2, 0) is 9.47 Å². The number of hydrogen-bond acceptors (Lipinski definition) is 7. The molecule has 0 unspecified atom stereocenters. The Labute approximate surface area is 146 Å². The van der Waals surface area contributed by atoms with E-state index in [0.29, 0.717) is 24.5 Å². The molecule has 0 amide bonds. The van der Waals surface area contributed by atoms with E-state index in [0.717, 1.165) is 38.9 Å². The van der Waals surface area contributed by atoms with Crippen molar-refractivity contribution in [2.24, 2.45) is 0 Å². The lowest BCUT2D eigenvalue weighted by molar-refractivity contribution is -0.384. The number of rotatable bonds is 7. The van der Waals surface area contributed by atoms with Crippen LogP contribution in [0, 0.1) is 21.4 Å². The molecule has 0 aromatic heterocycles. The summed E-state index contributed by atoms with van der Waals surface area (Å²) in [6.07, 6.45) is 4.17. The highest BCUT2D eigenvalue weighted by Crippen LogP contribution is 2.32. The highest BCUT2D eigenvalue weighted by atomic mass is 16.6. The van der Waals surface area contributed by atoms with Gasteiger partial charge in [-0.1, -0.05) is 0 Å². The Bertz CT molecular complexity index is 661. The van der Waals surface area contributed by atoms with Gasteiger partial charge in [0.05, 0.1) is 17.1 Å². The maximum absolute atomic E-state index is 11.4. The van der Waals surface area contributed by atoms with Crippen molar-refractivity contribution in [3.8, 4) is 6.07 Å². The Hall–Kier alpha value is -2.37. The summed E-state index contributed by atoms with van der Waals surface area (Å²) in [4.78, 5) is 10.9. The summed E-state index contributed by atoms with van der Waals surface area (Å²) in [6, 6.07) is 5.13. The fraction of sp³-hybridized carbons (Fsp3) is 0.588. The zero-order chi connectivity index (χ0) is 17.6. The molecule has 0 aliphatic carbocycles. The third kappa shape index (κ3) is 4.38. The zero-order valence-corrected chi connectivity index (χ0v) is 14.0. The van der Waals surface area contributed by atoms with Gasteiger partial charge < -0.3 is 20.1 Å². The van der Waals surface area contributed by atoms with Crippen molar-refractivity contribution in [3.63, 3.8) is 0 Å². The smallest absolute Gasteiger partial charge is 0.310 e. The molecule has 2 atom stereocenters. The first-order valence-electron chi connectivity index (χ1n) is 8.61. The molecular weight excluding hydrogens is 324 g/mol. The molecule has 2 heterocycles. The van der Waals surface area contributed by atoms with Crippen molar-refractivity contribution in [2.75, 3.05) is 36.9 Å². The van der Waals surface area contributed by atoms with Crippen molar-refractivity contribution in [3.05, 3.63) is 27.8 Å². The van der Waals surface area contributed by atoms with E-state index in [9.17, 15) is 15.4 Å². The van der Waals surface area contributed by atoms with E-state index in [2.05, 4.69) is 10.6 Å². The van der Waals surface area contributed by atoms with Crippen LogP contribution in [0.1, 0.15) is 31.2 Å². The SMILES string of the molecule is N#Cc1cc(NC[C@H]2CCCO2)cc(NC[C@@H]2CCCO2)c1[N+](=O)[O-]. The first-order valence-corrected chi connectivity index (χ1v) is 8.61. The summed E-state index contributed by atoms with van der Waals surface area (Å²) in [5.74, 6) is 0. The Balaban J connectivity index is 1.77. The molecule has 2 aliphatic rings. The van der Waals surface area contributed by atoms with Crippen molar-refractivity contribution >= 4 is 17.1 Å². The molecule has 0 bridgehead atoms. The van der Waals surface area contributed by atoms with Gasteiger partial charge in [-0.2, -0.15) is 5.26 Å². The summed E-state index contributed by atoms with van der Waals surface area (Å²) >= 11 is 0. The summed E-state index contributed by atoms with van der Waals surface area (Å²) in [6.45, 7) is 2.60. The maximum Gasteiger partial charge on any atom is 0.310 e. The lowest BCUT2D eigenvalue weighted by atomic mass is 10.1. The third-order valence-electron chi connectivity index (χ3n) is 4.51. The van der Waals surface area contributed by atoms with Gasteiger partial charge in [0.1, 0.15) is 17.3 Å². The average Bonchev–Trinajstić information content (AvgIpc) is 3.30. The van der Waals surface area contributed by atoms with E-state index < -0.39 is 4.92 Å². The fourth-order valence-corrected chi connectivity index (χ4v) is 3.22. The predicted octanol–water partition coefficient (Wildman–Crippen LogP) is 2.65. The van der Waals surface area contributed by atoms with Gasteiger partial charge in [0.2, 0.25) is 0 Å². The van der Waals surface area contributed by atoms with Gasteiger partial charge in [-0.15, -0.1) is 0 Å². The molecule has 2 N–H and O–H groups in total. The number of nitro benzene ring substituents is 1. The first kappa shape index (κ1) is 17.5. The van der Waals surface area contributed by atoms with Gasteiger partial charge in [0, 0.05) is 32.0 Å². The molecule has 8 nitrogen and oxygen atoms in total. The van der Waals surface area contributed by atoms with Crippen LogP contribution in [0.25, 0.3) is 0 Å². The average molecular weight is 346 g/mol. The van der Waals surface area contributed by atoms with Crippen LogP contribution in [0.15, 0.2) is 12.1 Å². The summed E-state index contributed by atoms with van der Waals surface area (Å²) < 4.78 is 11.1. The number of nitrogens with zero attached hydrogens (tertiary/aromatic N) is 2. The van der Waals surface area contributed by atoms with Crippen LogP contribution in [-0.4, -0.2) is 43.4 Å². The summed E-state index contributed by atoms with van der Waals surface area (Å²) in [5.41, 5.74) is 0.863. The molecule has 3 rings (SSSR count). The molecule has 2 aliphatic heterocycles. The van der Waals surface area contributed by atoms with E-state index in [1.807, 2.05) is 6.07 Å². The second-order valence-corrected chi connectivity index (χ2v) is 6.32. The number of hydrogen-bond donors (Lipinski definition) is 2. The fourth-order valence-electron chi connectivity index (χ4n) is 3.22. The summed E-state index contributed by atoms with van der Waals surface area (Å²) in [5, 5.41) is 27.1. The van der Waals surface area contributed by atoms with E-state index in [1.165, 1.54) is 6.07 Å². The Morgan fingerprint density at radius 2 is 1.80 bits per heavy atom. The number of ether oxygens (including phenoxy) is 2. The first-order chi connectivity index (χ1) is 12.2. The lowest BCUT2D eigenvalue weighted by Gasteiger charge is -2.16. The largest absolute Gasteiger partial charge is 0.382 e. The molecule has 2 fully saturated rings. The number of nitro groups is 1. The van der Waals surface area contributed by atoms with Crippen LogP contribution in [0.2, 0.25) is 0 Å². The molecule has 8 heteroatoms. The van der Waals surface area contributed by atoms with Crippen LogP contribution in [0.4, 0.5) is 17.1 Å². The van der Waals surface area contributed by atoms with Crippen LogP contribution >= 0.6 is 0 Å². The monoisotopic (exact) mass is 346 g/mol. The molecule has 0 radical (unpaired) electrons. The topological polar surface area (TPSA) is 109 Å². The minimum Gasteiger partial charge on any atom is -0.382 e. The number of benzene rings is 1. The third-order valence-corrected chi connectivity index (χ3v) is 4.51. The Morgan fingerprint density at radius 3 is 2.32 bits per heavy atom. The van der Waals surface area contributed by atoms with Gasteiger partial charge >= 0.3 is 5.69 Å². The highest BCUT2D eigenvalue weighted by Gasteiger charge is 2.24. The zero-order valence-electron chi connectivity index (χ0n) is 14.0. The molecule has 25 heavy (non-hydrogen) atoms. The molecule has 0 spiro atoms. The van der Waals surface area contributed by atoms with Gasteiger partial charge in [0.15, 0.2) is 0 Å². The molecular formula is C17H22N4O4. The van der Waals surface area contributed by atoms with Gasteiger partial charge in [-0.3, -0.25) is 10.1 Å². The molecule has 0 saturated carbocycles. The lowest BCUT2D eigenvalue weighted by Crippen LogP contribution is -2.20. The van der Waals surface area contributed by atoms with Gasteiger partial charge in [0.25, 0.3) is 0 Å². The molecule has 2 saturated heterocycles. The second kappa shape index (κ2) is 8.14. The van der Waals surface area contributed by atoms with Crippen LogP contribution in [0.5, 0.6) is 0 Å². The van der Waals surface area contributed by atoms with Crippen molar-refractivity contribution in [1.82, 2.24) is 0 Å². The van der Waals surface area contributed by atoms with Crippen LogP contribution < -0.4 is 10.6 Å². The number of nitrogens with one attached hydrogen (secondary N) is 2. The van der Waals surface area contributed by atoms with Crippen molar-refractivity contribution in [2.45, 2.75) is 37.9 Å². The normalized spacial score (nSPS) is 22.5. The summed E-state index contributed by atoms with van der Waals surface area (Å²) in [7, 11) is 0. The van der Waals surface area contributed by atoms with Gasteiger partial charge in [-0.25, -0.2) is 0 Å². The van der Waals surface area contributed by atoms with Gasteiger partial charge in [-0.05, 0) is 37.8 Å². The maximum atomic E-state index is 11.4. The minimum absolute atomic E-state index is 0.0391. The quantitative estimate of drug-likeness (QED) is 0.577. The van der Waals surface area contributed by atoms with E-state index in [1.54, 1.807) is 6.07 Å². The molecule has 1 aromatic rings.